The summed E-state index contributed by atoms with van der Waals surface area (Å²) in [7, 11) is 0. The summed E-state index contributed by atoms with van der Waals surface area (Å²) >= 11 is 0. The lowest BCUT2D eigenvalue weighted by Crippen LogP contribution is -2.25. The Labute approximate surface area is 101 Å². The van der Waals surface area contributed by atoms with Crippen molar-refractivity contribution in [2.24, 2.45) is 0 Å². The molecule has 4 nitrogen and oxygen atoms in total. The van der Waals surface area contributed by atoms with Crippen LogP contribution in [-0.2, 0) is 13.0 Å². The Bertz CT molecular complexity index is 386. The number of fused-ring (bicyclic) bond motifs is 1. The number of halogens is 2. The van der Waals surface area contributed by atoms with E-state index in [1.54, 1.807) is 6.20 Å². The van der Waals surface area contributed by atoms with Gasteiger partial charge in [0.25, 0.3) is 0 Å². The molecule has 3 N–H and O–H groups in total. The minimum atomic E-state index is 0. The maximum absolute atomic E-state index is 8.88. The van der Waals surface area contributed by atoms with Gasteiger partial charge in [0.2, 0.25) is 0 Å². The molecule has 0 saturated heterocycles. The van der Waals surface area contributed by atoms with Gasteiger partial charge in [0, 0.05) is 12.7 Å². The second-order valence-electron chi connectivity index (χ2n) is 3.06. The quantitative estimate of drug-likeness (QED) is 0.717. The normalized spacial score (nSPS) is 12.7. The summed E-state index contributed by atoms with van der Waals surface area (Å²) in [5, 5.41) is 12.1. The fourth-order valence-electron chi connectivity index (χ4n) is 1.60. The highest BCUT2D eigenvalue weighted by molar-refractivity contribution is 5.85. The van der Waals surface area contributed by atoms with Gasteiger partial charge in [0.15, 0.2) is 0 Å². The SMILES string of the molecule is Cl.Cl.N#Cc1c(N)ncc2c1CCNC2. The standard InChI is InChI=1S/C9H10N4.2ClH/c10-3-8-7-1-2-12-4-6(7)5-13-9(8)11;;/h5,12H,1-2,4H2,(H2,11,13);2*1H. The van der Waals surface area contributed by atoms with Gasteiger partial charge >= 0.3 is 0 Å². The maximum Gasteiger partial charge on any atom is 0.141 e. The molecule has 1 aliphatic heterocycles. The minimum Gasteiger partial charge on any atom is -0.383 e. The van der Waals surface area contributed by atoms with Crippen molar-refractivity contribution in [1.29, 1.82) is 5.26 Å². The molecule has 0 fully saturated rings. The molecule has 6 heteroatoms. The van der Waals surface area contributed by atoms with E-state index >= 15 is 0 Å². The van der Waals surface area contributed by atoms with E-state index < -0.39 is 0 Å². The average Bonchev–Trinajstić information content (AvgIpc) is 2.18. The van der Waals surface area contributed by atoms with E-state index in [0.29, 0.717) is 11.4 Å². The van der Waals surface area contributed by atoms with Crippen LogP contribution >= 0.6 is 24.8 Å². The highest BCUT2D eigenvalue weighted by Crippen LogP contribution is 2.20. The van der Waals surface area contributed by atoms with Crippen LogP contribution in [-0.4, -0.2) is 11.5 Å². The Morgan fingerprint density at radius 2 is 2.20 bits per heavy atom. The molecule has 0 radical (unpaired) electrons. The Kier molecular flexibility index (Phi) is 5.37. The smallest absolute Gasteiger partial charge is 0.141 e. The second-order valence-corrected chi connectivity index (χ2v) is 3.06. The summed E-state index contributed by atoms with van der Waals surface area (Å²) in [5.41, 5.74) is 8.31. The lowest BCUT2D eigenvalue weighted by Gasteiger charge is -2.17. The second kappa shape index (κ2) is 5.76. The Balaban J connectivity index is 0.000000980. The summed E-state index contributed by atoms with van der Waals surface area (Å²) in [6.07, 6.45) is 2.61. The number of pyridine rings is 1. The van der Waals surface area contributed by atoms with Crippen LogP contribution in [0.3, 0.4) is 0 Å². The van der Waals surface area contributed by atoms with Crippen molar-refractivity contribution in [1.82, 2.24) is 10.3 Å². The molecule has 0 unspecified atom stereocenters. The largest absolute Gasteiger partial charge is 0.383 e. The van der Waals surface area contributed by atoms with Crippen molar-refractivity contribution in [3.05, 3.63) is 22.9 Å². The molecule has 1 aromatic heterocycles. The summed E-state index contributed by atoms with van der Waals surface area (Å²) < 4.78 is 0. The van der Waals surface area contributed by atoms with E-state index in [-0.39, 0.29) is 24.8 Å². The van der Waals surface area contributed by atoms with E-state index in [9.17, 15) is 0 Å². The molecular formula is C9H12Cl2N4. The van der Waals surface area contributed by atoms with Gasteiger partial charge in [0.1, 0.15) is 11.9 Å². The van der Waals surface area contributed by atoms with Crippen LogP contribution in [0, 0.1) is 11.3 Å². The maximum atomic E-state index is 8.88. The predicted octanol–water partition coefficient (Wildman–Crippen LogP) is 1.02. The van der Waals surface area contributed by atoms with E-state index in [1.807, 2.05) is 0 Å². The number of nitrogens with two attached hydrogens (primary N) is 1. The molecule has 0 amide bonds. The molecule has 0 saturated carbocycles. The van der Waals surface area contributed by atoms with Crippen LogP contribution in [0.4, 0.5) is 5.82 Å². The van der Waals surface area contributed by atoms with Gasteiger partial charge in [0.05, 0.1) is 5.56 Å². The molecule has 82 valence electrons. The van der Waals surface area contributed by atoms with Gasteiger partial charge < -0.3 is 11.1 Å². The fourth-order valence-corrected chi connectivity index (χ4v) is 1.60. The van der Waals surface area contributed by atoms with Crippen LogP contribution < -0.4 is 11.1 Å². The summed E-state index contributed by atoms with van der Waals surface area (Å²) in [5.74, 6) is 0.350. The van der Waals surface area contributed by atoms with Gasteiger partial charge in [-0.3, -0.25) is 0 Å². The van der Waals surface area contributed by atoms with Crippen LogP contribution in [0.2, 0.25) is 0 Å². The Morgan fingerprint density at radius 1 is 1.47 bits per heavy atom. The Hall–Kier alpha value is -1.02. The van der Waals surface area contributed by atoms with E-state index in [4.69, 9.17) is 11.0 Å². The molecule has 1 aromatic rings. The van der Waals surface area contributed by atoms with Gasteiger partial charge in [-0.15, -0.1) is 24.8 Å². The zero-order valence-electron chi connectivity index (χ0n) is 7.99. The Morgan fingerprint density at radius 3 is 2.87 bits per heavy atom. The average molecular weight is 247 g/mol. The minimum absolute atomic E-state index is 0. The molecule has 0 aliphatic carbocycles. The first-order valence-corrected chi connectivity index (χ1v) is 4.20. The number of rotatable bonds is 0. The summed E-state index contributed by atoms with van der Waals surface area (Å²) in [6.45, 7) is 1.70. The number of nitrogens with zero attached hydrogens (tertiary/aromatic N) is 2. The molecular weight excluding hydrogens is 235 g/mol. The summed E-state index contributed by atoms with van der Waals surface area (Å²) in [4.78, 5) is 3.98. The first kappa shape index (κ1) is 14.0. The first-order chi connectivity index (χ1) is 6.33. The number of hydrogen-bond acceptors (Lipinski definition) is 4. The zero-order valence-corrected chi connectivity index (χ0v) is 9.62. The van der Waals surface area contributed by atoms with Gasteiger partial charge in [-0.25, -0.2) is 4.98 Å². The molecule has 0 aromatic carbocycles. The molecule has 0 atom stereocenters. The fraction of sp³-hybridized carbons (Fsp3) is 0.333. The predicted molar refractivity (Wildman–Crippen MR) is 63.3 cm³/mol. The van der Waals surface area contributed by atoms with Crippen molar-refractivity contribution in [3.63, 3.8) is 0 Å². The molecule has 2 rings (SSSR count). The van der Waals surface area contributed by atoms with Crippen LogP contribution in [0.25, 0.3) is 0 Å². The van der Waals surface area contributed by atoms with E-state index in [2.05, 4.69) is 16.4 Å². The van der Waals surface area contributed by atoms with Gasteiger partial charge in [-0.1, -0.05) is 0 Å². The van der Waals surface area contributed by atoms with Crippen molar-refractivity contribution < 1.29 is 0 Å². The van der Waals surface area contributed by atoms with Crippen LogP contribution in [0.15, 0.2) is 6.20 Å². The van der Waals surface area contributed by atoms with Crippen molar-refractivity contribution in [2.45, 2.75) is 13.0 Å². The summed E-state index contributed by atoms with van der Waals surface area (Å²) in [6, 6.07) is 2.11. The third-order valence-electron chi connectivity index (χ3n) is 2.28. The zero-order chi connectivity index (χ0) is 9.26. The number of aromatic nitrogens is 1. The molecule has 2 heterocycles. The number of nitriles is 1. The van der Waals surface area contributed by atoms with E-state index in [1.165, 1.54) is 0 Å². The van der Waals surface area contributed by atoms with Crippen LogP contribution in [0.5, 0.6) is 0 Å². The van der Waals surface area contributed by atoms with Crippen molar-refractivity contribution in [3.8, 4) is 6.07 Å². The third kappa shape index (κ3) is 2.51. The molecule has 15 heavy (non-hydrogen) atoms. The molecule has 0 spiro atoms. The third-order valence-corrected chi connectivity index (χ3v) is 2.28. The number of nitrogens with one attached hydrogen (secondary N) is 1. The molecule has 0 bridgehead atoms. The highest BCUT2D eigenvalue weighted by atomic mass is 35.5. The molecule has 1 aliphatic rings. The number of nitrogen functional groups attached to an aromatic ring is 1. The van der Waals surface area contributed by atoms with Gasteiger partial charge in [-0.2, -0.15) is 5.26 Å². The van der Waals surface area contributed by atoms with Gasteiger partial charge in [-0.05, 0) is 24.1 Å². The van der Waals surface area contributed by atoms with E-state index in [0.717, 1.165) is 30.6 Å². The first-order valence-electron chi connectivity index (χ1n) is 4.20. The lowest BCUT2D eigenvalue weighted by molar-refractivity contribution is 0.640. The van der Waals surface area contributed by atoms with Crippen molar-refractivity contribution >= 4 is 30.6 Å². The number of hydrogen-bond donors (Lipinski definition) is 2. The van der Waals surface area contributed by atoms with Crippen LogP contribution in [0.1, 0.15) is 16.7 Å². The highest BCUT2D eigenvalue weighted by Gasteiger charge is 2.15. The van der Waals surface area contributed by atoms with Crippen molar-refractivity contribution in [2.75, 3.05) is 12.3 Å². The monoisotopic (exact) mass is 246 g/mol. The topological polar surface area (TPSA) is 74.7 Å². The lowest BCUT2D eigenvalue weighted by atomic mass is 9.98. The number of anilines is 1.